The number of benzene rings is 2. The number of rotatable bonds is 1. The zero-order valence-electron chi connectivity index (χ0n) is 13.4. The second-order valence-electron chi connectivity index (χ2n) is 6.25. The maximum Gasteiger partial charge on any atom is 0.254 e. The van der Waals surface area contributed by atoms with Gasteiger partial charge in [0.15, 0.2) is 0 Å². The van der Waals surface area contributed by atoms with Crippen molar-refractivity contribution in [3.8, 4) is 11.4 Å². The molecule has 0 saturated heterocycles. The van der Waals surface area contributed by atoms with Gasteiger partial charge >= 0.3 is 0 Å². The zero-order chi connectivity index (χ0) is 17.1. The Kier molecular flexibility index (Phi) is 3.00. The van der Waals surface area contributed by atoms with Gasteiger partial charge in [-0.1, -0.05) is 22.0 Å². The average Bonchev–Trinajstić information content (AvgIpc) is 3.19. The summed E-state index contributed by atoms with van der Waals surface area (Å²) in [5.41, 5.74) is 4.55. The number of imidazole rings is 1. The van der Waals surface area contributed by atoms with E-state index in [9.17, 15) is 4.79 Å². The Hall–Kier alpha value is -2.73. The van der Waals surface area contributed by atoms with Crippen LogP contribution in [0.3, 0.4) is 0 Å². The van der Waals surface area contributed by atoms with E-state index in [2.05, 4.69) is 27.0 Å². The van der Waals surface area contributed by atoms with Crippen molar-refractivity contribution in [1.82, 2.24) is 19.3 Å². The van der Waals surface area contributed by atoms with Crippen LogP contribution in [0.25, 0.3) is 27.9 Å². The summed E-state index contributed by atoms with van der Waals surface area (Å²) in [6.45, 7) is 0.633. The third-order valence-corrected chi connectivity index (χ3v) is 5.14. The minimum Gasteiger partial charge on any atom is -0.337 e. The summed E-state index contributed by atoms with van der Waals surface area (Å²) in [4.78, 5) is 23.2. The highest BCUT2D eigenvalue weighted by atomic mass is 79.9. The average molecular weight is 393 g/mol. The molecule has 1 aliphatic heterocycles. The van der Waals surface area contributed by atoms with Crippen LogP contribution < -0.4 is 0 Å². The summed E-state index contributed by atoms with van der Waals surface area (Å²) in [5, 5.41) is 1.01. The lowest BCUT2D eigenvalue weighted by molar-refractivity contribution is 0.0816. The van der Waals surface area contributed by atoms with E-state index in [4.69, 9.17) is 4.98 Å². The fourth-order valence-electron chi connectivity index (χ4n) is 3.44. The molecule has 0 aliphatic carbocycles. The predicted molar refractivity (Wildman–Crippen MR) is 99.4 cm³/mol. The summed E-state index contributed by atoms with van der Waals surface area (Å²) in [5.74, 6) is 0.896. The molecule has 0 fully saturated rings. The second kappa shape index (κ2) is 5.13. The minimum atomic E-state index is 0.0738. The first-order valence-corrected chi connectivity index (χ1v) is 8.72. The molecule has 5 nitrogen and oxygen atoms in total. The molecule has 0 unspecified atom stereocenters. The van der Waals surface area contributed by atoms with Crippen molar-refractivity contribution in [2.45, 2.75) is 6.54 Å². The summed E-state index contributed by atoms with van der Waals surface area (Å²) < 4.78 is 2.98. The molecule has 6 heteroatoms. The van der Waals surface area contributed by atoms with Gasteiger partial charge in [0, 0.05) is 47.0 Å². The van der Waals surface area contributed by atoms with Crippen LogP contribution in [-0.4, -0.2) is 32.2 Å². The Morgan fingerprint density at radius 2 is 2.04 bits per heavy atom. The maximum atomic E-state index is 12.1. The lowest BCUT2D eigenvalue weighted by atomic mass is 10.1. The number of hydrogen-bond acceptors (Lipinski definition) is 3. The van der Waals surface area contributed by atoms with Gasteiger partial charge in [-0.2, -0.15) is 0 Å². The van der Waals surface area contributed by atoms with E-state index in [0.29, 0.717) is 6.54 Å². The number of fused-ring (bicyclic) bond motifs is 4. The number of hydrogen-bond donors (Lipinski definition) is 0. The molecule has 2 aromatic heterocycles. The molecule has 2 aromatic carbocycles. The van der Waals surface area contributed by atoms with E-state index in [1.807, 2.05) is 48.0 Å². The van der Waals surface area contributed by atoms with Gasteiger partial charge in [-0.05, 0) is 35.9 Å². The number of nitrogens with zero attached hydrogens (tertiary/aromatic N) is 4. The topological polar surface area (TPSA) is 50.5 Å². The molecule has 1 amide bonds. The number of aromatic nitrogens is 3. The van der Waals surface area contributed by atoms with E-state index in [-0.39, 0.29) is 5.91 Å². The molecule has 0 atom stereocenters. The Morgan fingerprint density at radius 1 is 1.16 bits per heavy atom. The van der Waals surface area contributed by atoms with Crippen molar-refractivity contribution in [2.75, 3.05) is 7.05 Å². The van der Waals surface area contributed by atoms with E-state index in [1.54, 1.807) is 11.1 Å². The number of carbonyl (C=O) groups excluding carboxylic acids is 1. The lowest BCUT2D eigenvalue weighted by Gasteiger charge is -2.09. The van der Waals surface area contributed by atoms with Crippen molar-refractivity contribution in [2.24, 2.45) is 0 Å². The third kappa shape index (κ3) is 2.10. The molecule has 0 saturated carbocycles. The highest BCUT2D eigenvalue weighted by molar-refractivity contribution is 9.10. The van der Waals surface area contributed by atoms with Crippen LogP contribution in [0.1, 0.15) is 15.9 Å². The summed E-state index contributed by atoms with van der Waals surface area (Å²) >= 11 is 3.51. The van der Waals surface area contributed by atoms with E-state index >= 15 is 0 Å². The van der Waals surface area contributed by atoms with Crippen LogP contribution in [0.4, 0.5) is 0 Å². The van der Waals surface area contributed by atoms with Gasteiger partial charge in [0.25, 0.3) is 5.91 Å². The second-order valence-corrected chi connectivity index (χ2v) is 7.17. The SMILES string of the molecule is CN1Cc2cc(-c3nc4cc(Br)ccc4c4nccn34)ccc2C1=O. The molecule has 0 radical (unpaired) electrons. The predicted octanol–water partition coefficient (Wildman–Crippen LogP) is 3.90. The first-order chi connectivity index (χ1) is 12.1. The Morgan fingerprint density at radius 3 is 2.92 bits per heavy atom. The molecule has 4 aromatic rings. The van der Waals surface area contributed by atoms with Crippen molar-refractivity contribution in [1.29, 1.82) is 0 Å². The number of amides is 1. The van der Waals surface area contributed by atoms with Crippen LogP contribution in [0.2, 0.25) is 0 Å². The van der Waals surface area contributed by atoms with Gasteiger partial charge in [0.1, 0.15) is 11.5 Å². The smallest absolute Gasteiger partial charge is 0.254 e. The molecule has 3 heterocycles. The maximum absolute atomic E-state index is 12.1. The zero-order valence-corrected chi connectivity index (χ0v) is 15.0. The lowest BCUT2D eigenvalue weighted by Crippen LogP contribution is -2.17. The van der Waals surface area contributed by atoms with Crippen LogP contribution in [-0.2, 0) is 6.54 Å². The minimum absolute atomic E-state index is 0.0738. The van der Waals surface area contributed by atoms with Gasteiger partial charge < -0.3 is 4.90 Å². The fourth-order valence-corrected chi connectivity index (χ4v) is 3.79. The van der Waals surface area contributed by atoms with Crippen LogP contribution in [0, 0.1) is 0 Å². The molecular weight excluding hydrogens is 380 g/mol. The third-order valence-electron chi connectivity index (χ3n) is 4.64. The number of carbonyl (C=O) groups is 1. The number of halogens is 1. The van der Waals surface area contributed by atoms with Gasteiger partial charge in [-0.15, -0.1) is 0 Å². The molecular formula is C19H13BrN4O. The quantitative estimate of drug-likeness (QED) is 0.493. The van der Waals surface area contributed by atoms with Crippen LogP contribution >= 0.6 is 15.9 Å². The van der Waals surface area contributed by atoms with Crippen molar-refractivity contribution in [3.63, 3.8) is 0 Å². The van der Waals surface area contributed by atoms with Gasteiger partial charge in [-0.25, -0.2) is 9.97 Å². The molecule has 5 rings (SSSR count). The molecule has 0 spiro atoms. The molecule has 0 bridgehead atoms. The van der Waals surface area contributed by atoms with E-state index < -0.39 is 0 Å². The van der Waals surface area contributed by atoms with Gasteiger partial charge in [0.05, 0.1) is 5.52 Å². The van der Waals surface area contributed by atoms with Crippen LogP contribution in [0.15, 0.2) is 53.3 Å². The van der Waals surface area contributed by atoms with Crippen LogP contribution in [0.5, 0.6) is 0 Å². The summed E-state index contributed by atoms with van der Waals surface area (Å²) in [6.07, 6.45) is 3.70. The highest BCUT2D eigenvalue weighted by Gasteiger charge is 2.25. The fraction of sp³-hybridized carbons (Fsp3) is 0.105. The van der Waals surface area contributed by atoms with Gasteiger partial charge in [0.2, 0.25) is 0 Å². The normalized spacial score (nSPS) is 13.8. The van der Waals surface area contributed by atoms with E-state index in [1.165, 1.54) is 0 Å². The summed E-state index contributed by atoms with van der Waals surface area (Å²) in [7, 11) is 1.82. The Labute approximate surface area is 152 Å². The van der Waals surface area contributed by atoms with Gasteiger partial charge in [-0.3, -0.25) is 9.20 Å². The first kappa shape index (κ1) is 14.6. The molecule has 25 heavy (non-hydrogen) atoms. The molecule has 1 aliphatic rings. The summed E-state index contributed by atoms with van der Waals surface area (Å²) in [6, 6.07) is 11.9. The monoisotopic (exact) mass is 392 g/mol. The molecule has 122 valence electrons. The van der Waals surface area contributed by atoms with Crippen molar-refractivity contribution >= 4 is 38.4 Å². The molecule has 0 N–H and O–H groups in total. The van der Waals surface area contributed by atoms with Crippen molar-refractivity contribution < 1.29 is 4.79 Å². The van der Waals surface area contributed by atoms with Crippen molar-refractivity contribution in [3.05, 3.63) is 64.4 Å². The highest BCUT2D eigenvalue weighted by Crippen LogP contribution is 2.30. The Balaban J connectivity index is 1.79. The van der Waals surface area contributed by atoms with E-state index in [0.717, 1.165) is 43.5 Å². The standard InChI is InChI=1S/C19H13BrN4O/c1-23-10-12-8-11(2-4-14(12)19(23)25)17-22-16-9-13(20)3-5-15(16)18-21-6-7-24(17)18/h2-9H,10H2,1H3. The Bertz CT molecular complexity index is 1180. The first-order valence-electron chi connectivity index (χ1n) is 7.93. The largest absolute Gasteiger partial charge is 0.337 e.